The zero-order valence-corrected chi connectivity index (χ0v) is 12.3. The predicted octanol–water partition coefficient (Wildman–Crippen LogP) is 2.46. The van der Waals surface area contributed by atoms with E-state index >= 15 is 0 Å². The summed E-state index contributed by atoms with van der Waals surface area (Å²) in [6.07, 6.45) is 5.97. The van der Waals surface area contributed by atoms with E-state index in [1.54, 1.807) is 11.3 Å². The molecule has 106 valence electrons. The zero-order valence-electron chi connectivity index (χ0n) is 11.5. The van der Waals surface area contributed by atoms with E-state index in [2.05, 4.69) is 37.2 Å². The monoisotopic (exact) mass is 288 g/mol. The number of nitrogens with one attached hydrogen (secondary N) is 2. The minimum Gasteiger partial charge on any atom is -0.310 e. The summed E-state index contributed by atoms with van der Waals surface area (Å²) in [5.74, 6) is 0. The Morgan fingerprint density at radius 2 is 2.25 bits per heavy atom. The fourth-order valence-corrected chi connectivity index (χ4v) is 4.13. The lowest BCUT2D eigenvalue weighted by atomic mass is 10.1. The Morgan fingerprint density at radius 3 is 3.15 bits per heavy atom. The van der Waals surface area contributed by atoms with Crippen LogP contribution in [0.1, 0.15) is 24.8 Å². The van der Waals surface area contributed by atoms with Crippen molar-refractivity contribution in [1.82, 2.24) is 20.4 Å². The summed E-state index contributed by atoms with van der Waals surface area (Å²) in [5.41, 5.74) is 3.77. The molecular formula is C15H20N4S. The third-order valence-corrected chi connectivity index (χ3v) is 5.21. The molecule has 0 aromatic carbocycles. The molecule has 2 N–H and O–H groups in total. The third-order valence-electron chi connectivity index (χ3n) is 4.53. The number of rotatable bonds is 3. The van der Waals surface area contributed by atoms with Gasteiger partial charge in [0.05, 0.1) is 11.9 Å². The van der Waals surface area contributed by atoms with Gasteiger partial charge in [0.15, 0.2) is 0 Å². The van der Waals surface area contributed by atoms with Gasteiger partial charge in [-0.25, -0.2) is 0 Å². The molecule has 2 atom stereocenters. The van der Waals surface area contributed by atoms with E-state index in [1.165, 1.54) is 49.2 Å². The van der Waals surface area contributed by atoms with E-state index in [9.17, 15) is 0 Å². The minimum absolute atomic E-state index is 0.694. The Morgan fingerprint density at radius 1 is 1.30 bits per heavy atom. The summed E-state index contributed by atoms with van der Waals surface area (Å²) in [6.45, 7) is 3.37. The number of thiophene rings is 1. The average Bonchev–Trinajstić information content (AvgIpc) is 3.13. The van der Waals surface area contributed by atoms with Crippen LogP contribution in [0.5, 0.6) is 0 Å². The first kappa shape index (κ1) is 12.6. The van der Waals surface area contributed by atoms with Crippen LogP contribution < -0.4 is 5.32 Å². The van der Waals surface area contributed by atoms with E-state index in [4.69, 9.17) is 0 Å². The van der Waals surface area contributed by atoms with Gasteiger partial charge in [0, 0.05) is 48.2 Å². The van der Waals surface area contributed by atoms with Gasteiger partial charge in [0.2, 0.25) is 0 Å². The highest BCUT2D eigenvalue weighted by molar-refractivity contribution is 7.08. The molecule has 0 spiro atoms. The second-order valence-corrected chi connectivity index (χ2v) is 6.72. The number of H-pyrrole nitrogens is 1. The Kier molecular flexibility index (Phi) is 3.34. The van der Waals surface area contributed by atoms with Crippen molar-refractivity contribution in [3.63, 3.8) is 0 Å². The predicted molar refractivity (Wildman–Crippen MR) is 81.7 cm³/mol. The first-order valence-electron chi connectivity index (χ1n) is 7.42. The molecule has 2 aromatic rings. The molecule has 0 radical (unpaired) electrons. The number of aromatic nitrogens is 2. The number of likely N-dealkylation sites (tertiary alicyclic amines) is 1. The van der Waals surface area contributed by atoms with Crippen molar-refractivity contribution in [2.45, 2.75) is 37.9 Å². The van der Waals surface area contributed by atoms with Crippen molar-refractivity contribution in [3.8, 4) is 11.3 Å². The third kappa shape index (κ3) is 2.41. The van der Waals surface area contributed by atoms with E-state index in [1.807, 2.05) is 6.20 Å². The molecule has 5 heteroatoms. The highest BCUT2D eigenvalue weighted by Crippen LogP contribution is 2.26. The molecule has 4 rings (SSSR count). The molecule has 2 aromatic heterocycles. The first-order chi connectivity index (χ1) is 9.88. The maximum Gasteiger partial charge on any atom is 0.0703 e. The largest absolute Gasteiger partial charge is 0.310 e. The molecule has 0 saturated carbocycles. The summed E-state index contributed by atoms with van der Waals surface area (Å²) in [5, 5.41) is 15.5. The summed E-state index contributed by atoms with van der Waals surface area (Å²) < 4.78 is 0. The van der Waals surface area contributed by atoms with Crippen LogP contribution in [0.3, 0.4) is 0 Å². The highest BCUT2D eigenvalue weighted by Gasteiger charge is 2.29. The number of hydrogen-bond acceptors (Lipinski definition) is 4. The first-order valence-corrected chi connectivity index (χ1v) is 8.36. The van der Waals surface area contributed by atoms with Crippen LogP contribution in [0.4, 0.5) is 0 Å². The van der Waals surface area contributed by atoms with Crippen LogP contribution in [0.15, 0.2) is 23.0 Å². The minimum atomic E-state index is 0.694. The van der Waals surface area contributed by atoms with Gasteiger partial charge >= 0.3 is 0 Å². The molecule has 2 unspecified atom stereocenters. The van der Waals surface area contributed by atoms with Crippen molar-refractivity contribution in [1.29, 1.82) is 0 Å². The van der Waals surface area contributed by atoms with Crippen LogP contribution in [-0.4, -0.2) is 40.3 Å². The van der Waals surface area contributed by atoms with Crippen LogP contribution in [-0.2, 0) is 6.54 Å². The van der Waals surface area contributed by atoms with Crippen molar-refractivity contribution >= 4 is 11.3 Å². The van der Waals surface area contributed by atoms with E-state index in [-0.39, 0.29) is 0 Å². The standard InChI is InChI=1S/C15H20N4S/c1-2-14-9-19(5-3-13(1)17-14)8-12-7-16-18-15(12)11-4-6-20-10-11/h4,6-7,10,13-14,17H,1-3,5,8-9H2,(H,16,18). The molecule has 2 bridgehead atoms. The lowest BCUT2D eigenvalue weighted by molar-refractivity contribution is 0.251. The molecule has 2 aliphatic rings. The van der Waals surface area contributed by atoms with Crippen LogP contribution in [0, 0.1) is 0 Å². The van der Waals surface area contributed by atoms with Crippen LogP contribution in [0.2, 0.25) is 0 Å². The second kappa shape index (κ2) is 5.31. The molecule has 2 fully saturated rings. The van der Waals surface area contributed by atoms with Crippen LogP contribution in [0.25, 0.3) is 11.3 Å². The quantitative estimate of drug-likeness (QED) is 0.912. The molecule has 0 aliphatic carbocycles. The van der Waals surface area contributed by atoms with Gasteiger partial charge in [-0.15, -0.1) is 0 Å². The molecule has 20 heavy (non-hydrogen) atoms. The number of nitrogens with zero attached hydrogens (tertiary/aromatic N) is 2. The average molecular weight is 288 g/mol. The fraction of sp³-hybridized carbons (Fsp3) is 0.533. The SMILES string of the molecule is c1cc(-c2[nH]ncc2CN2CCC3CCC(C2)N3)cs1. The summed E-state index contributed by atoms with van der Waals surface area (Å²) >= 11 is 1.73. The lowest BCUT2D eigenvalue weighted by Crippen LogP contribution is -2.34. The Balaban J connectivity index is 1.50. The summed E-state index contributed by atoms with van der Waals surface area (Å²) in [6, 6.07) is 3.61. The van der Waals surface area contributed by atoms with Gasteiger partial charge < -0.3 is 5.32 Å². The van der Waals surface area contributed by atoms with Crippen molar-refractivity contribution < 1.29 is 0 Å². The molecule has 2 saturated heterocycles. The van der Waals surface area contributed by atoms with Crippen molar-refractivity contribution in [2.75, 3.05) is 13.1 Å². The van der Waals surface area contributed by atoms with Gasteiger partial charge in [0.25, 0.3) is 0 Å². The van der Waals surface area contributed by atoms with Gasteiger partial charge in [-0.3, -0.25) is 10.00 Å². The maximum absolute atomic E-state index is 4.25. The number of hydrogen-bond donors (Lipinski definition) is 2. The van der Waals surface area contributed by atoms with Gasteiger partial charge in [-0.05, 0) is 30.7 Å². The summed E-state index contributed by atoms with van der Waals surface area (Å²) in [7, 11) is 0. The Labute approximate surface area is 123 Å². The molecule has 0 amide bonds. The topological polar surface area (TPSA) is 44.0 Å². The highest BCUT2D eigenvalue weighted by atomic mass is 32.1. The maximum atomic E-state index is 4.25. The van der Waals surface area contributed by atoms with Gasteiger partial charge in [-0.2, -0.15) is 16.4 Å². The zero-order chi connectivity index (χ0) is 13.4. The van der Waals surface area contributed by atoms with Crippen molar-refractivity contribution in [2.24, 2.45) is 0 Å². The van der Waals surface area contributed by atoms with Gasteiger partial charge in [0.1, 0.15) is 0 Å². The summed E-state index contributed by atoms with van der Waals surface area (Å²) in [4.78, 5) is 2.58. The fourth-order valence-electron chi connectivity index (χ4n) is 3.49. The Hall–Kier alpha value is -1.17. The smallest absolute Gasteiger partial charge is 0.0703 e. The van der Waals surface area contributed by atoms with E-state index < -0.39 is 0 Å². The van der Waals surface area contributed by atoms with E-state index in [0.29, 0.717) is 6.04 Å². The number of fused-ring (bicyclic) bond motifs is 2. The molecule has 2 aliphatic heterocycles. The second-order valence-electron chi connectivity index (χ2n) is 5.94. The van der Waals surface area contributed by atoms with Gasteiger partial charge in [-0.1, -0.05) is 0 Å². The van der Waals surface area contributed by atoms with Crippen molar-refractivity contribution in [3.05, 3.63) is 28.6 Å². The molecule has 4 heterocycles. The molecule has 4 nitrogen and oxygen atoms in total. The molecular weight excluding hydrogens is 268 g/mol. The lowest BCUT2D eigenvalue weighted by Gasteiger charge is -2.23. The Bertz CT molecular complexity index is 562. The number of aromatic amines is 1. The van der Waals surface area contributed by atoms with E-state index in [0.717, 1.165) is 12.6 Å². The normalized spacial score (nSPS) is 26.8. The van der Waals surface area contributed by atoms with Crippen LogP contribution >= 0.6 is 11.3 Å².